The maximum atomic E-state index is 11.4. The van der Waals surface area contributed by atoms with E-state index < -0.39 is 33.7 Å². The summed E-state index contributed by atoms with van der Waals surface area (Å²) in [7, 11) is -2.12. The van der Waals surface area contributed by atoms with E-state index in [1.807, 2.05) is 0 Å². The maximum absolute atomic E-state index is 11.4. The van der Waals surface area contributed by atoms with E-state index >= 15 is 0 Å². The third-order valence-corrected chi connectivity index (χ3v) is 3.14. The van der Waals surface area contributed by atoms with Crippen molar-refractivity contribution >= 4 is 27.7 Å². The van der Waals surface area contributed by atoms with E-state index in [1.165, 1.54) is 7.11 Å². The van der Waals surface area contributed by atoms with Crippen LogP contribution in [0.4, 0.5) is 0 Å². The lowest BCUT2D eigenvalue weighted by atomic mass is 10.1. The zero-order valence-corrected chi connectivity index (χ0v) is 11.5. The van der Waals surface area contributed by atoms with E-state index in [9.17, 15) is 22.8 Å². The molecule has 2 N–H and O–H groups in total. The Morgan fingerprint density at radius 1 is 1.26 bits per heavy atom. The molecule has 0 radical (unpaired) electrons. The second-order valence-corrected chi connectivity index (χ2v) is 6.21. The minimum absolute atomic E-state index is 0.118. The molecule has 0 saturated heterocycles. The lowest BCUT2D eigenvalue weighted by Crippen LogP contribution is -2.41. The van der Waals surface area contributed by atoms with Gasteiger partial charge in [-0.05, 0) is 6.42 Å². The Morgan fingerprint density at radius 2 is 1.84 bits per heavy atom. The summed E-state index contributed by atoms with van der Waals surface area (Å²) in [5.74, 6) is -2.93. The molecule has 0 rings (SSSR count). The number of amides is 1. The first kappa shape index (κ1) is 17.4. The third kappa shape index (κ3) is 9.00. The van der Waals surface area contributed by atoms with Crippen molar-refractivity contribution in [1.29, 1.82) is 0 Å². The van der Waals surface area contributed by atoms with Gasteiger partial charge in [-0.1, -0.05) is 0 Å². The van der Waals surface area contributed by atoms with Gasteiger partial charge in [-0.25, -0.2) is 13.2 Å². The number of carboxylic acids is 1. The molecule has 19 heavy (non-hydrogen) atoms. The van der Waals surface area contributed by atoms with Gasteiger partial charge in [0.15, 0.2) is 0 Å². The van der Waals surface area contributed by atoms with Crippen LogP contribution in [0, 0.1) is 0 Å². The van der Waals surface area contributed by atoms with Crippen molar-refractivity contribution < 1.29 is 32.6 Å². The summed E-state index contributed by atoms with van der Waals surface area (Å²) >= 11 is 0. The molecule has 0 aliphatic rings. The van der Waals surface area contributed by atoms with Crippen molar-refractivity contribution in [3.05, 3.63) is 0 Å². The van der Waals surface area contributed by atoms with Crippen LogP contribution < -0.4 is 5.32 Å². The van der Waals surface area contributed by atoms with E-state index in [4.69, 9.17) is 5.11 Å². The predicted molar refractivity (Wildman–Crippen MR) is 65.1 cm³/mol. The molecular formula is C10H17NO7S. The minimum Gasteiger partial charge on any atom is -0.480 e. The lowest BCUT2D eigenvalue weighted by molar-refractivity contribution is -0.144. The van der Waals surface area contributed by atoms with Gasteiger partial charge in [0.2, 0.25) is 5.91 Å². The molecule has 0 heterocycles. The Bertz CT molecular complexity index is 443. The SMILES string of the molecule is COC(=O)CCC(NC(=O)CCS(C)(=O)=O)C(=O)O. The molecule has 1 amide bonds. The van der Waals surface area contributed by atoms with Gasteiger partial charge < -0.3 is 15.2 Å². The van der Waals surface area contributed by atoms with Gasteiger partial charge in [-0.2, -0.15) is 0 Å². The van der Waals surface area contributed by atoms with Crippen molar-refractivity contribution in [1.82, 2.24) is 5.32 Å². The largest absolute Gasteiger partial charge is 0.480 e. The molecule has 8 nitrogen and oxygen atoms in total. The summed E-state index contributed by atoms with van der Waals surface area (Å²) in [5, 5.41) is 11.0. The van der Waals surface area contributed by atoms with E-state index in [-0.39, 0.29) is 25.0 Å². The number of methoxy groups -OCH3 is 1. The molecule has 1 unspecified atom stereocenters. The number of hydrogen-bond donors (Lipinski definition) is 2. The van der Waals surface area contributed by atoms with Crippen LogP contribution >= 0.6 is 0 Å². The second kappa shape index (κ2) is 7.72. The van der Waals surface area contributed by atoms with Crippen molar-refractivity contribution in [2.75, 3.05) is 19.1 Å². The summed E-state index contributed by atoms with van der Waals surface area (Å²) in [6, 6.07) is -1.24. The fourth-order valence-corrected chi connectivity index (χ4v) is 1.72. The molecule has 0 aromatic rings. The topological polar surface area (TPSA) is 127 Å². The molecule has 0 fully saturated rings. The molecular weight excluding hydrogens is 278 g/mol. The normalized spacial score (nSPS) is 12.5. The Balaban J connectivity index is 4.31. The molecule has 0 spiro atoms. The van der Waals surface area contributed by atoms with Crippen molar-refractivity contribution in [3.63, 3.8) is 0 Å². The molecule has 0 saturated carbocycles. The van der Waals surface area contributed by atoms with Gasteiger partial charge in [0.1, 0.15) is 15.9 Å². The quantitative estimate of drug-likeness (QED) is 0.546. The first-order valence-corrected chi connectivity index (χ1v) is 7.48. The molecule has 9 heteroatoms. The highest BCUT2D eigenvalue weighted by Gasteiger charge is 2.21. The standard InChI is InChI=1S/C10H17NO7S/c1-18-9(13)4-3-7(10(14)15)11-8(12)5-6-19(2,16)17/h7H,3-6H2,1-2H3,(H,11,12)(H,14,15). The van der Waals surface area contributed by atoms with Crippen LogP contribution in [0.3, 0.4) is 0 Å². The number of carbonyl (C=O) groups excluding carboxylic acids is 2. The number of carboxylic acid groups (broad SMARTS) is 1. The number of aliphatic carboxylic acids is 1. The molecule has 0 aliphatic heterocycles. The van der Waals surface area contributed by atoms with Gasteiger partial charge >= 0.3 is 11.9 Å². The van der Waals surface area contributed by atoms with Crippen LogP contribution in [-0.2, 0) is 29.0 Å². The summed E-state index contributed by atoms with van der Waals surface area (Å²) in [6.07, 6.45) is 0.388. The molecule has 0 aromatic carbocycles. The fraction of sp³-hybridized carbons (Fsp3) is 0.700. The van der Waals surface area contributed by atoms with Gasteiger partial charge in [0.25, 0.3) is 0 Å². The summed E-state index contributed by atoms with van der Waals surface area (Å²) < 4.78 is 26.1. The first-order chi connectivity index (χ1) is 8.65. The molecule has 0 bridgehead atoms. The van der Waals surface area contributed by atoms with Crippen molar-refractivity contribution in [3.8, 4) is 0 Å². The zero-order valence-electron chi connectivity index (χ0n) is 10.7. The average molecular weight is 295 g/mol. The second-order valence-electron chi connectivity index (χ2n) is 3.95. The smallest absolute Gasteiger partial charge is 0.326 e. The number of hydrogen-bond acceptors (Lipinski definition) is 6. The van der Waals surface area contributed by atoms with E-state index in [1.54, 1.807) is 0 Å². The Morgan fingerprint density at radius 3 is 2.26 bits per heavy atom. The van der Waals surface area contributed by atoms with Crippen molar-refractivity contribution in [2.24, 2.45) is 0 Å². The number of rotatable bonds is 8. The predicted octanol–water partition coefficient (Wildman–Crippen LogP) is -1.06. The van der Waals surface area contributed by atoms with Crippen LogP contribution in [0.2, 0.25) is 0 Å². The number of esters is 1. The number of sulfone groups is 1. The molecule has 1 atom stereocenters. The summed E-state index contributed by atoms with van der Waals surface area (Å²) in [5.41, 5.74) is 0. The number of ether oxygens (including phenoxy) is 1. The molecule has 110 valence electrons. The molecule has 0 aromatic heterocycles. The van der Waals surface area contributed by atoms with Crippen molar-refractivity contribution in [2.45, 2.75) is 25.3 Å². The first-order valence-electron chi connectivity index (χ1n) is 5.42. The van der Waals surface area contributed by atoms with E-state index in [0.29, 0.717) is 0 Å². The lowest BCUT2D eigenvalue weighted by Gasteiger charge is -2.13. The monoisotopic (exact) mass is 295 g/mol. The van der Waals surface area contributed by atoms with Crippen LogP contribution in [0.5, 0.6) is 0 Å². The highest BCUT2D eigenvalue weighted by atomic mass is 32.2. The number of nitrogens with one attached hydrogen (secondary N) is 1. The zero-order chi connectivity index (χ0) is 15.1. The fourth-order valence-electron chi connectivity index (χ4n) is 1.17. The Labute approximate surface area is 111 Å². The molecule has 0 aliphatic carbocycles. The van der Waals surface area contributed by atoms with Crippen LogP contribution in [-0.4, -0.2) is 56.5 Å². The van der Waals surface area contributed by atoms with Crippen LogP contribution in [0.1, 0.15) is 19.3 Å². The van der Waals surface area contributed by atoms with Crippen LogP contribution in [0.25, 0.3) is 0 Å². The van der Waals surface area contributed by atoms with Gasteiger partial charge in [-0.3, -0.25) is 9.59 Å². The highest BCUT2D eigenvalue weighted by molar-refractivity contribution is 7.90. The van der Waals surface area contributed by atoms with Gasteiger partial charge in [0, 0.05) is 19.1 Å². The van der Waals surface area contributed by atoms with Crippen LogP contribution in [0.15, 0.2) is 0 Å². The summed E-state index contributed by atoms with van der Waals surface area (Å²) in [4.78, 5) is 33.1. The van der Waals surface area contributed by atoms with Gasteiger partial charge in [-0.15, -0.1) is 0 Å². The summed E-state index contributed by atoms with van der Waals surface area (Å²) in [6.45, 7) is 0. The third-order valence-electron chi connectivity index (χ3n) is 2.20. The Kier molecular flexibility index (Phi) is 7.05. The van der Waals surface area contributed by atoms with Gasteiger partial charge in [0.05, 0.1) is 12.9 Å². The Hall–Kier alpha value is -1.64. The number of carbonyl (C=O) groups is 3. The highest BCUT2D eigenvalue weighted by Crippen LogP contribution is 2.00. The average Bonchev–Trinajstić information content (AvgIpc) is 2.30. The van der Waals surface area contributed by atoms with E-state index in [2.05, 4.69) is 10.1 Å². The van der Waals surface area contributed by atoms with E-state index in [0.717, 1.165) is 6.26 Å². The minimum atomic E-state index is -3.29. The maximum Gasteiger partial charge on any atom is 0.326 e.